The van der Waals surface area contributed by atoms with Crippen LogP contribution in [0.4, 0.5) is 5.95 Å². The number of aromatic nitrogens is 3. The zero-order valence-corrected chi connectivity index (χ0v) is 13.6. The maximum absolute atomic E-state index is 5.51. The fourth-order valence-electron chi connectivity index (χ4n) is 1.67. The molecule has 5 nitrogen and oxygen atoms in total. The highest BCUT2D eigenvalue weighted by molar-refractivity contribution is 7.99. The van der Waals surface area contributed by atoms with Gasteiger partial charge in [0.15, 0.2) is 0 Å². The minimum atomic E-state index is 0.365. The Balaban J connectivity index is 2.27. The lowest BCUT2D eigenvalue weighted by Gasteiger charge is -2.09. The normalized spacial score (nSPS) is 10.5. The summed E-state index contributed by atoms with van der Waals surface area (Å²) in [5.74, 6) is 0.518. The van der Waals surface area contributed by atoms with Crippen LogP contribution in [0, 0.1) is 13.8 Å². The van der Waals surface area contributed by atoms with Crippen LogP contribution in [0.2, 0.25) is 0 Å². The fourth-order valence-corrected chi connectivity index (χ4v) is 2.60. The zero-order valence-electron chi connectivity index (χ0n) is 12.8. The third-order valence-corrected chi connectivity index (χ3v) is 3.82. The van der Waals surface area contributed by atoms with Crippen LogP contribution < -0.4 is 10.1 Å². The fraction of sp³-hybridized carbons (Fsp3) is 0.400. The van der Waals surface area contributed by atoms with Gasteiger partial charge in [-0.3, -0.25) is 0 Å². The Morgan fingerprint density at radius 3 is 2.71 bits per heavy atom. The highest BCUT2D eigenvalue weighted by Crippen LogP contribution is 2.29. The quantitative estimate of drug-likeness (QED) is 0.882. The number of aryl methyl sites for hydroxylation is 2. The molecule has 0 spiro atoms. The van der Waals surface area contributed by atoms with Crippen LogP contribution in [0.25, 0.3) is 0 Å². The Morgan fingerprint density at radius 1 is 1.19 bits per heavy atom. The molecule has 0 amide bonds. The van der Waals surface area contributed by atoms with Gasteiger partial charge in [0.25, 0.3) is 0 Å². The second kappa shape index (κ2) is 7.26. The van der Waals surface area contributed by atoms with Gasteiger partial charge in [0, 0.05) is 11.9 Å². The van der Waals surface area contributed by atoms with E-state index in [1.54, 1.807) is 7.05 Å². The summed E-state index contributed by atoms with van der Waals surface area (Å²) < 4.78 is 5.51. The van der Waals surface area contributed by atoms with Gasteiger partial charge < -0.3 is 10.1 Å². The van der Waals surface area contributed by atoms with Crippen LogP contribution in [-0.4, -0.2) is 28.6 Å². The van der Waals surface area contributed by atoms with Crippen LogP contribution in [0.3, 0.4) is 0 Å². The Morgan fingerprint density at radius 2 is 2.00 bits per heavy atom. The second-order valence-corrected chi connectivity index (χ2v) is 5.70. The molecule has 112 valence electrons. The molecule has 0 aliphatic carbocycles. The van der Waals surface area contributed by atoms with E-state index in [1.807, 2.05) is 6.92 Å². The molecule has 0 aliphatic rings. The summed E-state index contributed by atoms with van der Waals surface area (Å²) in [7, 11) is 1.78. The van der Waals surface area contributed by atoms with Crippen LogP contribution in [0.15, 0.2) is 28.3 Å². The summed E-state index contributed by atoms with van der Waals surface area (Å²) >= 11 is 1.52. The Kier molecular flexibility index (Phi) is 5.38. The van der Waals surface area contributed by atoms with Crippen molar-refractivity contribution in [1.82, 2.24) is 15.0 Å². The number of nitrogens with zero attached hydrogens (tertiary/aromatic N) is 3. The maximum atomic E-state index is 5.51. The van der Waals surface area contributed by atoms with E-state index in [0.29, 0.717) is 23.7 Å². The molecule has 0 atom stereocenters. The van der Waals surface area contributed by atoms with Crippen LogP contribution >= 0.6 is 11.8 Å². The molecule has 0 unspecified atom stereocenters. The summed E-state index contributed by atoms with van der Waals surface area (Å²) in [6.07, 6.45) is 0.917. The number of benzene rings is 1. The Bertz CT molecular complexity index is 619. The number of hydrogen-bond donors (Lipinski definition) is 1. The van der Waals surface area contributed by atoms with Gasteiger partial charge in [0.05, 0.1) is 6.61 Å². The molecular weight excluding hydrogens is 284 g/mol. The van der Waals surface area contributed by atoms with Crippen molar-refractivity contribution in [1.29, 1.82) is 0 Å². The zero-order chi connectivity index (χ0) is 15.2. The molecule has 0 saturated heterocycles. The smallest absolute Gasteiger partial charge is 0.322 e. The molecule has 1 N–H and O–H groups in total. The predicted octanol–water partition coefficient (Wildman–Crippen LogP) is 3.47. The second-order valence-electron chi connectivity index (χ2n) is 4.69. The third-order valence-electron chi connectivity index (χ3n) is 2.80. The van der Waals surface area contributed by atoms with E-state index in [2.05, 4.69) is 52.3 Å². The van der Waals surface area contributed by atoms with Gasteiger partial charge in [-0.2, -0.15) is 15.0 Å². The van der Waals surface area contributed by atoms with Gasteiger partial charge >= 0.3 is 6.01 Å². The van der Waals surface area contributed by atoms with Gasteiger partial charge in [0.1, 0.15) is 0 Å². The van der Waals surface area contributed by atoms with Gasteiger partial charge in [-0.25, -0.2) is 0 Å². The molecule has 6 heteroatoms. The van der Waals surface area contributed by atoms with E-state index in [0.717, 1.165) is 11.3 Å². The average molecular weight is 304 g/mol. The largest absolute Gasteiger partial charge is 0.463 e. The molecule has 0 aliphatic heterocycles. The first-order valence-corrected chi connectivity index (χ1v) is 7.75. The first-order valence-electron chi connectivity index (χ1n) is 6.94. The number of ether oxygens (including phenoxy) is 1. The van der Waals surface area contributed by atoms with Crippen molar-refractivity contribution in [3.8, 4) is 6.01 Å². The first-order chi connectivity index (χ1) is 10.1. The lowest BCUT2D eigenvalue weighted by atomic mass is 10.2. The molecule has 0 fully saturated rings. The Hall–Kier alpha value is -1.82. The lowest BCUT2D eigenvalue weighted by Crippen LogP contribution is -2.05. The number of anilines is 1. The molecule has 1 aromatic carbocycles. The van der Waals surface area contributed by atoms with E-state index in [9.17, 15) is 0 Å². The molecule has 21 heavy (non-hydrogen) atoms. The molecule has 1 aromatic heterocycles. The van der Waals surface area contributed by atoms with E-state index in [4.69, 9.17) is 4.74 Å². The summed E-state index contributed by atoms with van der Waals surface area (Å²) in [5, 5.41) is 3.57. The van der Waals surface area contributed by atoms with Crippen molar-refractivity contribution < 1.29 is 4.74 Å². The minimum absolute atomic E-state index is 0.365. The van der Waals surface area contributed by atoms with Crippen molar-refractivity contribution in [2.75, 3.05) is 19.0 Å². The number of hydrogen-bond acceptors (Lipinski definition) is 6. The summed E-state index contributed by atoms with van der Waals surface area (Å²) in [5.41, 5.74) is 2.42. The minimum Gasteiger partial charge on any atom is -0.463 e. The monoisotopic (exact) mass is 304 g/mol. The van der Waals surface area contributed by atoms with E-state index in [-0.39, 0.29) is 0 Å². The highest BCUT2D eigenvalue weighted by atomic mass is 32.2. The van der Waals surface area contributed by atoms with Gasteiger partial charge in [-0.05, 0) is 49.2 Å². The van der Waals surface area contributed by atoms with Crippen molar-refractivity contribution in [2.24, 2.45) is 0 Å². The molecule has 0 bridgehead atoms. The third kappa shape index (κ3) is 4.32. The van der Waals surface area contributed by atoms with Crippen LogP contribution in [0.5, 0.6) is 6.01 Å². The van der Waals surface area contributed by atoms with Crippen LogP contribution in [0.1, 0.15) is 24.5 Å². The topological polar surface area (TPSA) is 59.9 Å². The van der Waals surface area contributed by atoms with Crippen molar-refractivity contribution >= 4 is 17.7 Å². The first kappa shape index (κ1) is 15.6. The standard InChI is InChI=1S/C15H20N4OS/c1-5-8-20-14-17-13(16-4)18-15(19-14)21-12-9-10(2)6-7-11(12)3/h6-7,9H,5,8H2,1-4H3,(H,16,17,18,19). The summed E-state index contributed by atoms with van der Waals surface area (Å²) in [6, 6.07) is 6.70. The molecule has 2 aromatic rings. The van der Waals surface area contributed by atoms with Crippen molar-refractivity contribution in [3.63, 3.8) is 0 Å². The molecular formula is C15H20N4OS. The average Bonchev–Trinajstić information content (AvgIpc) is 2.48. The van der Waals surface area contributed by atoms with Gasteiger partial charge in [-0.1, -0.05) is 19.1 Å². The summed E-state index contributed by atoms with van der Waals surface area (Å²) in [4.78, 5) is 14.1. The maximum Gasteiger partial charge on any atom is 0.322 e. The van der Waals surface area contributed by atoms with Gasteiger partial charge in [-0.15, -0.1) is 0 Å². The molecule has 2 rings (SSSR count). The van der Waals surface area contributed by atoms with Crippen molar-refractivity contribution in [3.05, 3.63) is 29.3 Å². The lowest BCUT2D eigenvalue weighted by molar-refractivity contribution is 0.288. The molecule has 1 heterocycles. The predicted molar refractivity (Wildman–Crippen MR) is 85.2 cm³/mol. The number of rotatable bonds is 6. The van der Waals surface area contributed by atoms with E-state index in [1.165, 1.54) is 22.9 Å². The van der Waals surface area contributed by atoms with Crippen molar-refractivity contribution in [2.45, 2.75) is 37.2 Å². The Labute approximate surface area is 129 Å². The van der Waals surface area contributed by atoms with Gasteiger partial charge in [0.2, 0.25) is 11.1 Å². The summed E-state index contributed by atoms with van der Waals surface area (Å²) in [6.45, 7) is 6.80. The SMILES string of the molecule is CCCOc1nc(NC)nc(Sc2cc(C)ccc2C)n1. The van der Waals surface area contributed by atoms with E-state index < -0.39 is 0 Å². The van der Waals surface area contributed by atoms with E-state index >= 15 is 0 Å². The molecule has 0 radical (unpaired) electrons. The highest BCUT2D eigenvalue weighted by Gasteiger charge is 2.10. The number of nitrogens with one attached hydrogen (secondary N) is 1. The van der Waals surface area contributed by atoms with Crippen LogP contribution in [-0.2, 0) is 0 Å². The molecule has 0 saturated carbocycles.